The molecule has 16 heavy (non-hydrogen) atoms. The molecule has 0 amide bonds. The van der Waals surface area contributed by atoms with Crippen molar-refractivity contribution in [3.63, 3.8) is 0 Å². The summed E-state index contributed by atoms with van der Waals surface area (Å²) in [6.45, 7) is 2.83. The van der Waals surface area contributed by atoms with E-state index in [-0.39, 0.29) is 0 Å². The van der Waals surface area contributed by atoms with Gasteiger partial charge in [0.2, 0.25) is 0 Å². The maximum absolute atomic E-state index is 5.57. The third-order valence-electron chi connectivity index (χ3n) is 2.73. The number of pyridine rings is 1. The van der Waals surface area contributed by atoms with Crippen molar-refractivity contribution >= 4 is 16.8 Å². The molecule has 0 spiro atoms. The molecule has 2 rings (SSSR count). The lowest BCUT2D eigenvalue weighted by molar-refractivity contribution is 0.615. The molecule has 4 nitrogen and oxygen atoms in total. The Hall–Kier alpha value is -1.55. The van der Waals surface area contributed by atoms with Crippen LogP contribution in [0.2, 0.25) is 0 Å². The van der Waals surface area contributed by atoms with Crippen LogP contribution in [0, 0.1) is 0 Å². The first-order valence-electron chi connectivity index (χ1n) is 5.64. The highest BCUT2D eigenvalue weighted by Crippen LogP contribution is 2.22. The minimum absolute atomic E-state index is 0.373. The molecule has 86 valence electrons. The summed E-state index contributed by atoms with van der Waals surface area (Å²) in [4.78, 5) is 4.34. The van der Waals surface area contributed by atoms with E-state index in [0.717, 1.165) is 29.6 Å². The van der Waals surface area contributed by atoms with Gasteiger partial charge in [0.1, 0.15) is 11.4 Å². The van der Waals surface area contributed by atoms with E-state index < -0.39 is 0 Å². The Bertz CT molecular complexity index is 452. The Morgan fingerprint density at radius 2 is 2.38 bits per heavy atom. The van der Waals surface area contributed by atoms with Gasteiger partial charge in [-0.1, -0.05) is 6.92 Å². The summed E-state index contributed by atoms with van der Waals surface area (Å²) in [6, 6.07) is 4.17. The van der Waals surface area contributed by atoms with Crippen LogP contribution in [0.15, 0.2) is 29.0 Å². The number of furan rings is 1. The molecular weight excluding hydrogens is 202 g/mol. The summed E-state index contributed by atoms with van der Waals surface area (Å²) in [5, 5.41) is 4.43. The maximum atomic E-state index is 5.57. The third-order valence-corrected chi connectivity index (χ3v) is 2.73. The molecule has 0 saturated heterocycles. The summed E-state index contributed by atoms with van der Waals surface area (Å²) < 4.78 is 5.33. The lowest BCUT2D eigenvalue weighted by Crippen LogP contribution is -2.22. The van der Waals surface area contributed by atoms with Crippen molar-refractivity contribution in [3.05, 3.63) is 24.6 Å². The zero-order valence-corrected chi connectivity index (χ0v) is 9.44. The Balaban J connectivity index is 2.22. The molecular formula is C12H17N3O. The van der Waals surface area contributed by atoms with Crippen molar-refractivity contribution in [2.24, 2.45) is 5.73 Å². The predicted octanol–water partition coefficient (Wildman–Crippen LogP) is 2.37. The van der Waals surface area contributed by atoms with Crippen molar-refractivity contribution < 1.29 is 4.42 Å². The fourth-order valence-electron chi connectivity index (χ4n) is 1.78. The number of hydrogen-bond acceptors (Lipinski definition) is 4. The Kier molecular flexibility index (Phi) is 3.41. The quantitative estimate of drug-likeness (QED) is 0.810. The lowest BCUT2D eigenvalue weighted by atomic mass is 10.1. The molecule has 1 unspecified atom stereocenters. The van der Waals surface area contributed by atoms with Crippen LogP contribution < -0.4 is 11.1 Å². The van der Waals surface area contributed by atoms with Crippen LogP contribution in [0.3, 0.4) is 0 Å². The van der Waals surface area contributed by atoms with Crippen molar-refractivity contribution in [3.8, 4) is 0 Å². The second-order valence-corrected chi connectivity index (χ2v) is 3.82. The standard InChI is InChI=1S/C12H17N3O/c1-2-9(3-6-13)15-12-10-5-8-16-11(10)4-7-14-12/h4-5,7-9H,2-3,6,13H2,1H3,(H,14,15). The van der Waals surface area contributed by atoms with Gasteiger partial charge < -0.3 is 15.5 Å². The van der Waals surface area contributed by atoms with Crippen molar-refractivity contribution in [2.75, 3.05) is 11.9 Å². The predicted molar refractivity (Wildman–Crippen MR) is 65.4 cm³/mol. The second kappa shape index (κ2) is 4.99. The molecule has 1 atom stereocenters. The van der Waals surface area contributed by atoms with E-state index in [2.05, 4.69) is 17.2 Å². The smallest absolute Gasteiger partial charge is 0.139 e. The van der Waals surface area contributed by atoms with Crippen LogP contribution >= 0.6 is 0 Å². The first-order chi connectivity index (χ1) is 7.85. The molecule has 0 aromatic carbocycles. The summed E-state index contributed by atoms with van der Waals surface area (Å²) >= 11 is 0. The van der Waals surface area contributed by atoms with Crippen molar-refractivity contribution in [1.82, 2.24) is 4.98 Å². The van der Waals surface area contributed by atoms with E-state index in [0.29, 0.717) is 12.6 Å². The number of aromatic nitrogens is 1. The molecule has 3 N–H and O–H groups in total. The number of nitrogens with two attached hydrogens (primary N) is 1. The molecule has 2 aromatic heterocycles. The highest BCUT2D eigenvalue weighted by atomic mass is 16.3. The first-order valence-corrected chi connectivity index (χ1v) is 5.64. The molecule has 0 aliphatic heterocycles. The average molecular weight is 219 g/mol. The van der Waals surface area contributed by atoms with Gasteiger partial charge in [0, 0.05) is 12.2 Å². The minimum Gasteiger partial charge on any atom is -0.464 e. The number of hydrogen-bond donors (Lipinski definition) is 2. The topological polar surface area (TPSA) is 64.1 Å². The summed E-state index contributed by atoms with van der Waals surface area (Å²) in [6.07, 6.45) is 5.42. The zero-order chi connectivity index (χ0) is 11.4. The minimum atomic E-state index is 0.373. The van der Waals surface area contributed by atoms with Gasteiger partial charge in [0.05, 0.1) is 11.6 Å². The van der Waals surface area contributed by atoms with Gasteiger partial charge in [-0.15, -0.1) is 0 Å². The van der Waals surface area contributed by atoms with E-state index >= 15 is 0 Å². The normalized spacial score (nSPS) is 12.9. The monoisotopic (exact) mass is 219 g/mol. The fraction of sp³-hybridized carbons (Fsp3) is 0.417. The largest absolute Gasteiger partial charge is 0.464 e. The molecule has 2 heterocycles. The Labute approximate surface area is 94.8 Å². The fourth-order valence-corrected chi connectivity index (χ4v) is 1.78. The van der Waals surface area contributed by atoms with E-state index in [1.54, 1.807) is 12.5 Å². The molecule has 0 bridgehead atoms. The van der Waals surface area contributed by atoms with Crippen LogP contribution in [0.1, 0.15) is 19.8 Å². The van der Waals surface area contributed by atoms with E-state index in [1.165, 1.54) is 0 Å². The van der Waals surface area contributed by atoms with Gasteiger partial charge >= 0.3 is 0 Å². The van der Waals surface area contributed by atoms with Crippen LogP contribution in [-0.2, 0) is 0 Å². The van der Waals surface area contributed by atoms with Crippen LogP contribution in [0.25, 0.3) is 11.0 Å². The van der Waals surface area contributed by atoms with Gasteiger partial charge in [-0.05, 0) is 31.5 Å². The average Bonchev–Trinajstić information content (AvgIpc) is 2.77. The Morgan fingerprint density at radius 3 is 3.12 bits per heavy atom. The highest BCUT2D eigenvalue weighted by Gasteiger charge is 2.09. The Morgan fingerprint density at radius 1 is 1.50 bits per heavy atom. The second-order valence-electron chi connectivity index (χ2n) is 3.82. The molecule has 2 aromatic rings. The van der Waals surface area contributed by atoms with Gasteiger partial charge in [-0.2, -0.15) is 0 Å². The van der Waals surface area contributed by atoms with E-state index in [1.807, 2.05) is 12.1 Å². The van der Waals surface area contributed by atoms with Gasteiger partial charge in [0.15, 0.2) is 0 Å². The molecule has 0 radical (unpaired) electrons. The third kappa shape index (κ3) is 2.17. The molecule has 0 aliphatic rings. The van der Waals surface area contributed by atoms with Crippen molar-refractivity contribution in [2.45, 2.75) is 25.8 Å². The number of nitrogens with one attached hydrogen (secondary N) is 1. The van der Waals surface area contributed by atoms with E-state index in [4.69, 9.17) is 10.2 Å². The van der Waals surface area contributed by atoms with Crippen LogP contribution in [0.5, 0.6) is 0 Å². The highest BCUT2D eigenvalue weighted by molar-refractivity contribution is 5.87. The summed E-state index contributed by atoms with van der Waals surface area (Å²) in [7, 11) is 0. The van der Waals surface area contributed by atoms with Gasteiger partial charge in [-0.3, -0.25) is 0 Å². The van der Waals surface area contributed by atoms with Crippen LogP contribution in [0.4, 0.5) is 5.82 Å². The number of rotatable bonds is 5. The van der Waals surface area contributed by atoms with Gasteiger partial charge in [-0.25, -0.2) is 4.98 Å². The molecule has 4 heteroatoms. The SMILES string of the molecule is CCC(CCN)Nc1nccc2occc12. The molecule has 0 saturated carbocycles. The number of fused-ring (bicyclic) bond motifs is 1. The zero-order valence-electron chi connectivity index (χ0n) is 9.44. The van der Waals surface area contributed by atoms with Crippen LogP contribution in [-0.4, -0.2) is 17.6 Å². The van der Waals surface area contributed by atoms with Gasteiger partial charge in [0.25, 0.3) is 0 Å². The summed E-state index contributed by atoms with van der Waals surface area (Å²) in [5.74, 6) is 0.881. The number of nitrogens with zero attached hydrogens (tertiary/aromatic N) is 1. The van der Waals surface area contributed by atoms with Crippen molar-refractivity contribution in [1.29, 1.82) is 0 Å². The summed E-state index contributed by atoms with van der Waals surface area (Å²) in [5.41, 5.74) is 6.43. The molecule has 0 fully saturated rings. The number of anilines is 1. The lowest BCUT2D eigenvalue weighted by Gasteiger charge is -2.16. The first kappa shape index (κ1) is 11.0. The maximum Gasteiger partial charge on any atom is 0.139 e. The molecule has 0 aliphatic carbocycles. The van der Waals surface area contributed by atoms with E-state index in [9.17, 15) is 0 Å².